The highest BCUT2D eigenvalue weighted by Gasteiger charge is 2.09. The lowest BCUT2D eigenvalue weighted by Crippen LogP contribution is -2.12. The highest BCUT2D eigenvalue weighted by molar-refractivity contribution is 5.76. The van der Waals surface area contributed by atoms with Crippen molar-refractivity contribution in [3.63, 3.8) is 0 Å². The number of benzene rings is 2. The summed E-state index contributed by atoms with van der Waals surface area (Å²) in [6.45, 7) is 4.15. The van der Waals surface area contributed by atoms with Crippen LogP contribution in [0.1, 0.15) is 16.7 Å². The molecule has 3 heteroatoms. The Bertz CT molecular complexity index is 633. The van der Waals surface area contributed by atoms with E-state index in [-0.39, 0.29) is 0 Å². The molecule has 96 valence electrons. The van der Waals surface area contributed by atoms with Crippen LogP contribution in [0.3, 0.4) is 0 Å². The van der Waals surface area contributed by atoms with Crippen molar-refractivity contribution >= 4 is 17.1 Å². The first-order valence-corrected chi connectivity index (χ1v) is 6.13. The molecule has 2 N–H and O–H groups in total. The Hall–Kier alpha value is -2.47. The number of rotatable bonds is 2. The molecule has 0 aliphatic rings. The highest BCUT2D eigenvalue weighted by atomic mass is 15.1. The Morgan fingerprint density at radius 2 is 1.68 bits per heavy atom. The quantitative estimate of drug-likeness (QED) is 0.831. The van der Waals surface area contributed by atoms with Crippen LogP contribution in [0.2, 0.25) is 0 Å². The van der Waals surface area contributed by atoms with Crippen LogP contribution in [0.5, 0.6) is 0 Å². The van der Waals surface area contributed by atoms with Crippen LogP contribution in [0.15, 0.2) is 36.4 Å². The monoisotopic (exact) mass is 251 g/mol. The van der Waals surface area contributed by atoms with Crippen LogP contribution in [-0.2, 0) is 0 Å². The van der Waals surface area contributed by atoms with Gasteiger partial charge in [0, 0.05) is 12.7 Å². The molecule has 0 saturated heterocycles. The smallest absolute Gasteiger partial charge is 0.0992 e. The fourth-order valence-corrected chi connectivity index (χ4v) is 2.21. The zero-order valence-corrected chi connectivity index (χ0v) is 11.4. The lowest BCUT2D eigenvalue weighted by Gasteiger charge is -2.22. The molecule has 0 aliphatic carbocycles. The topological polar surface area (TPSA) is 53.0 Å². The van der Waals surface area contributed by atoms with Gasteiger partial charge in [-0.1, -0.05) is 6.07 Å². The Labute approximate surface area is 113 Å². The summed E-state index contributed by atoms with van der Waals surface area (Å²) in [7, 11) is 1.98. The van der Waals surface area contributed by atoms with Crippen LogP contribution in [0.25, 0.3) is 0 Å². The third-order valence-corrected chi connectivity index (χ3v) is 3.11. The molecule has 0 saturated carbocycles. The third-order valence-electron chi connectivity index (χ3n) is 3.11. The Balaban J connectivity index is 2.44. The van der Waals surface area contributed by atoms with E-state index in [0.29, 0.717) is 11.3 Å². The highest BCUT2D eigenvalue weighted by Crippen LogP contribution is 2.30. The average molecular weight is 251 g/mol. The normalized spacial score (nSPS) is 10.0. The van der Waals surface area contributed by atoms with Gasteiger partial charge in [-0.15, -0.1) is 0 Å². The summed E-state index contributed by atoms with van der Waals surface area (Å²) in [5.74, 6) is 0. The SMILES string of the molecule is Cc1cc(C)cc(N(C)c2ccc(C#N)cc2N)c1. The van der Waals surface area contributed by atoms with Gasteiger partial charge in [0.05, 0.1) is 23.0 Å². The number of aryl methyl sites for hydroxylation is 2. The fourth-order valence-electron chi connectivity index (χ4n) is 2.21. The van der Waals surface area contributed by atoms with Gasteiger partial charge < -0.3 is 10.6 Å². The molecular weight excluding hydrogens is 234 g/mol. The standard InChI is InChI=1S/C16H17N3/c1-11-6-12(2)8-14(7-11)19(3)16-5-4-13(10-17)9-15(16)18/h4-9H,18H2,1-3H3. The fraction of sp³-hybridized carbons (Fsp3) is 0.188. The van der Waals surface area contributed by atoms with Crippen LogP contribution in [0, 0.1) is 25.2 Å². The first kappa shape index (κ1) is 13.0. The van der Waals surface area contributed by atoms with Gasteiger partial charge >= 0.3 is 0 Å². The largest absolute Gasteiger partial charge is 0.397 e. The summed E-state index contributed by atoms with van der Waals surface area (Å²) < 4.78 is 0. The maximum atomic E-state index is 8.86. The van der Waals surface area contributed by atoms with Crippen molar-refractivity contribution < 1.29 is 0 Å². The molecule has 2 rings (SSSR count). The summed E-state index contributed by atoms with van der Waals surface area (Å²) in [6, 6.07) is 13.8. The van der Waals surface area contributed by atoms with Gasteiger partial charge in [-0.05, 0) is 55.3 Å². The summed E-state index contributed by atoms with van der Waals surface area (Å²) in [6.07, 6.45) is 0. The van der Waals surface area contributed by atoms with Gasteiger partial charge in [0.1, 0.15) is 0 Å². The molecule has 19 heavy (non-hydrogen) atoms. The maximum Gasteiger partial charge on any atom is 0.0992 e. The molecule has 3 nitrogen and oxygen atoms in total. The van der Waals surface area contributed by atoms with Crippen molar-refractivity contribution in [3.05, 3.63) is 53.1 Å². The lowest BCUT2D eigenvalue weighted by molar-refractivity contribution is 1.19. The summed E-state index contributed by atoms with van der Waals surface area (Å²) in [4.78, 5) is 2.04. The van der Waals surface area contributed by atoms with Gasteiger partial charge in [-0.2, -0.15) is 5.26 Å². The van der Waals surface area contributed by atoms with Crippen molar-refractivity contribution in [1.82, 2.24) is 0 Å². The third kappa shape index (κ3) is 2.69. The van der Waals surface area contributed by atoms with Crippen molar-refractivity contribution in [3.8, 4) is 6.07 Å². The minimum atomic E-state index is 0.579. The number of nitrogens with two attached hydrogens (primary N) is 1. The van der Waals surface area contributed by atoms with E-state index in [0.717, 1.165) is 11.4 Å². The molecule has 0 unspecified atom stereocenters. The molecule has 0 spiro atoms. The predicted molar refractivity (Wildman–Crippen MR) is 79.5 cm³/mol. The molecule has 2 aromatic carbocycles. The number of hydrogen-bond donors (Lipinski definition) is 1. The van der Waals surface area contributed by atoms with E-state index in [9.17, 15) is 0 Å². The molecule has 0 aromatic heterocycles. The summed E-state index contributed by atoms with van der Waals surface area (Å²) >= 11 is 0. The summed E-state index contributed by atoms with van der Waals surface area (Å²) in [5.41, 5.74) is 11.6. The van der Waals surface area contributed by atoms with Gasteiger partial charge in [0.15, 0.2) is 0 Å². The van der Waals surface area contributed by atoms with Crippen LogP contribution in [-0.4, -0.2) is 7.05 Å². The molecule has 0 amide bonds. The van der Waals surface area contributed by atoms with Gasteiger partial charge in [-0.3, -0.25) is 0 Å². The van der Waals surface area contributed by atoms with E-state index in [4.69, 9.17) is 11.0 Å². The second kappa shape index (κ2) is 5.03. The molecule has 0 atom stereocenters. The van der Waals surface area contributed by atoms with E-state index < -0.39 is 0 Å². The summed E-state index contributed by atoms with van der Waals surface area (Å²) in [5, 5.41) is 8.86. The zero-order chi connectivity index (χ0) is 14.0. The number of nitrogens with zero attached hydrogens (tertiary/aromatic N) is 2. The molecular formula is C16H17N3. The second-order valence-electron chi connectivity index (χ2n) is 4.79. The van der Waals surface area contributed by atoms with Crippen LogP contribution < -0.4 is 10.6 Å². The van der Waals surface area contributed by atoms with Gasteiger partial charge in [0.25, 0.3) is 0 Å². The Morgan fingerprint density at radius 3 is 2.21 bits per heavy atom. The van der Waals surface area contributed by atoms with Crippen molar-refractivity contribution in [2.45, 2.75) is 13.8 Å². The number of nitriles is 1. The molecule has 0 fully saturated rings. The molecule has 0 radical (unpaired) electrons. The minimum Gasteiger partial charge on any atom is -0.397 e. The minimum absolute atomic E-state index is 0.579. The number of nitrogen functional groups attached to an aromatic ring is 1. The zero-order valence-electron chi connectivity index (χ0n) is 11.4. The number of anilines is 3. The van der Waals surface area contributed by atoms with Crippen molar-refractivity contribution in [2.24, 2.45) is 0 Å². The van der Waals surface area contributed by atoms with Crippen LogP contribution >= 0.6 is 0 Å². The molecule has 0 bridgehead atoms. The maximum absolute atomic E-state index is 8.86. The first-order chi connectivity index (χ1) is 9.01. The van der Waals surface area contributed by atoms with E-state index in [2.05, 4.69) is 38.1 Å². The van der Waals surface area contributed by atoms with Gasteiger partial charge in [-0.25, -0.2) is 0 Å². The second-order valence-corrected chi connectivity index (χ2v) is 4.79. The molecule has 0 aliphatic heterocycles. The Morgan fingerprint density at radius 1 is 1.05 bits per heavy atom. The van der Waals surface area contributed by atoms with E-state index in [1.54, 1.807) is 12.1 Å². The Kier molecular flexibility index (Phi) is 3.43. The first-order valence-electron chi connectivity index (χ1n) is 6.13. The van der Waals surface area contributed by atoms with E-state index in [1.807, 2.05) is 18.0 Å². The van der Waals surface area contributed by atoms with E-state index in [1.165, 1.54) is 11.1 Å². The van der Waals surface area contributed by atoms with Crippen molar-refractivity contribution in [1.29, 1.82) is 5.26 Å². The lowest BCUT2D eigenvalue weighted by atomic mass is 10.1. The van der Waals surface area contributed by atoms with Gasteiger partial charge in [0.2, 0.25) is 0 Å². The van der Waals surface area contributed by atoms with E-state index >= 15 is 0 Å². The average Bonchev–Trinajstić information content (AvgIpc) is 2.36. The van der Waals surface area contributed by atoms with Crippen LogP contribution in [0.4, 0.5) is 17.1 Å². The predicted octanol–water partition coefficient (Wildman–Crippen LogP) is 3.53. The van der Waals surface area contributed by atoms with Crippen molar-refractivity contribution in [2.75, 3.05) is 17.7 Å². The number of hydrogen-bond acceptors (Lipinski definition) is 3. The molecule has 0 heterocycles. The molecule has 2 aromatic rings.